The van der Waals surface area contributed by atoms with Crippen molar-refractivity contribution in [2.75, 3.05) is 17.6 Å². The van der Waals surface area contributed by atoms with Crippen molar-refractivity contribution in [3.05, 3.63) is 24.0 Å². The van der Waals surface area contributed by atoms with Crippen LogP contribution in [0.1, 0.15) is 39.0 Å². The molecule has 0 spiro atoms. The molecule has 0 heterocycles. The molecule has 1 aromatic rings. The molecule has 2 rings (SSSR count). The molecular weight excluding hydrogens is 215 g/mol. The Hall–Kier alpha value is -1.25. The quantitative estimate of drug-likeness (QED) is 0.784. The number of nitrogens with two attached hydrogens (primary N) is 1. The molecular formula is C14H21FN2. The van der Waals surface area contributed by atoms with E-state index in [1.165, 1.54) is 38.2 Å². The zero-order valence-corrected chi connectivity index (χ0v) is 10.4. The Morgan fingerprint density at radius 1 is 1.29 bits per heavy atom. The lowest BCUT2D eigenvalue weighted by Crippen LogP contribution is -2.29. The number of para-hydroxylation sites is 1. The molecule has 1 aromatic carbocycles. The van der Waals surface area contributed by atoms with E-state index in [9.17, 15) is 4.39 Å². The SMILES string of the molecule is CC1(CNc2cccc(F)c2N)CCCCC1. The zero-order chi connectivity index (χ0) is 12.3. The third-order valence-electron chi connectivity index (χ3n) is 3.82. The van der Waals surface area contributed by atoms with Gasteiger partial charge >= 0.3 is 0 Å². The van der Waals surface area contributed by atoms with Crippen molar-refractivity contribution in [2.24, 2.45) is 5.41 Å². The number of anilines is 2. The maximum Gasteiger partial charge on any atom is 0.148 e. The summed E-state index contributed by atoms with van der Waals surface area (Å²) in [5.74, 6) is -0.344. The van der Waals surface area contributed by atoms with E-state index in [-0.39, 0.29) is 11.5 Å². The van der Waals surface area contributed by atoms with Gasteiger partial charge in [0.1, 0.15) is 5.82 Å². The molecule has 0 aliphatic heterocycles. The van der Waals surface area contributed by atoms with E-state index in [4.69, 9.17) is 5.73 Å². The molecule has 1 aliphatic rings. The standard InChI is InChI=1S/C14H21FN2/c1-14(8-3-2-4-9-14)10-17-12-7-5-6-11(15)13(12)16/h5-7,17H,2-4,8-10,16H2,1H3. The molecule has 1 saturated carbocycles. The summed E-state index contributed by atoms with van der Waals surface area (Å²) in [6.07, 6.45) is 6.44. The first kappa shape index (κ1) is 12.2. The van der Waals surface area contributed by atoms with Gasteiger partial charge in [-0.2, -0.15) is 0 Å². The highest BCUT2D eigenvalue weighted by Gasteiger charge is 2.26. The summed E-state index contributed by atoms with van der Waals surface area (Å²) in [5.41, 5.74) is 6.98. The van der Waals surface area contributed by atoms with Gasteiger partial charge in [-0.25, -0.2) is 4.39 Å². The molecule has 0 radical (unpaired) electrons. The zero-order valence-electron chi connectivity index (χ0n) is 10.4. The van der Waals surface area contributed by atoms with Gasteiger partial charge in [0.2, 0.25) is 0 Å². The van der Waals surface area contributed by atoms with Crippen molar-refractivity contribution in [3.8, 4) is 0 Å². The molecule has 3 heteroatoms. The normalized spacial score (nSPS) is 18.9. The van der Waals surface area contributed by atoms with E-state index in [1.54, 1.807) is 6.07 Å². The monoisotopic (exact) mass is 236 g/mol. The summed E-state index contributed by atoms with van der Waals surface area (Å²) in [4.78, 5) is 0. The number of rotatable bonds is 3. The van der Waals surface area contributed by atoms with Crippen LogP contribution in [0.2, 0.25) is 0 Å². The molecule has 0 saturated heterocycles. The number of halogens is 1. The minimum atomic E-state index is -0.344. The second-order valence-corrected chi connectivity index (χ2v) is 5.43. The Kier molecular flexibility index (Phi) is 3.55. The summed E-state index contributed by atoms with van der Waals surface area (Å²) in [7, 11) is 0. The van der Waals surface area contributed by atoms with Crippen molar-refractivity contribution >= 4 is 11.4 Å². The van der Waals surface area contributed by atoms with Crippen molar-refractivity contribution in [1.29, 1.82) is 0 Å². The van der Waals surface area contributed by atoms with Crippen LogP contribution in [-0.2, 0) is 0 Å². The van der Waals surface area contributed by atoms with Gasteiger partial charge in [-0.05, 0) is 30.4 Å². The molecule has 94 valence electrons. The third kappa shape index (κ3) is 2.90. The Balaban J connectivity index is 1.99. The van der Waals surface area contributed by atoms with E-state index in [0.29, 0.717) is 5.41 Å². The second-order valence-electron chi connectivity index (χ2n) is 5.43. The van der Waals surface area contributed by atoms with Crippen LogP contribution in [0.3, 0.4) is 0 Å². The molecule has 0 unspecified atom stereocenters. The molecule has 0 aromatic heterocycles. The lowest BCUT2D eigenvalue weighted by molar-refractivity contribution is 0.233. The first-order valence-corrected chi connectivity index (χ1v) is 6.39. The Morgan fingerprint density at radius 2 is 2.00 bits per heavy atom. The van der Waals surface area contributed by atoms with Crippen LogP contribution in [0.5, 0.6) is 0 Å². The van der Waals surface area contributed by atoms with Gasteiger partial charge in [-0.3, -0.25) is 0 Å². The smallest absolute Gasteiger partial charge is 0.148 e. The number of hydrogen-bond acceptors (Lipinski definition) is 2. The lowest BCUT2D eigenvalue weighted by Gasteiger charge is -2.34. The highest BCUT2D eigenvalue weighted by atomic mass is 19.1. The molecule has 1 aliphatic carbocycles. The van der Waals surface area contributed by atoms with Gasteiger partial charge in [0.05, 0.1) is 11.4 Å². The van der Waals surface area contributed by atoms with Crippen LogP contribution in [0.25, 0.3) is 0 Å². The summed E-state index contributed by atoms with van der Waals surface area (Å²) in [6.45, 7) is 3.18. The van der Waals surface area contributed by atoms with Crippen LogP contribution in [0, 0.1) is 11.2 Å². The topological polar surface area (TPSA) is 38.0 Å². The van der Waals surface area contributed by atoms with Crippen LogP contribution in [0.4, 0.5) is 15.8 Å². The van der Waals surface area contributed by atoms with Crippen LogP contribution in [0.15, 0.2) is 18.2 Å². The summed E-state index contributed by atoms with van der Waals surface area (Å²) in [5, 5.41) is 3.30. The average Bonchev–Trinajstić information content (AvgIpc) is 2.32. The Morgan fingerprint density at radius 3 is 2.71 bits per heavy atom. The number of nitrogens with one attached hydrogen (secondary N) is 1. The first-order valence-electron chi connectivity index (χ1n) is 6.39. The van der Waals surface area contributed by atoms with E-state index in [1.807, 2.05) is 6.07 Å². The highest BCUT2D eigenvalue weighted by molar-refractivity contribution is 5.66. The van der Waals surface area contributed by atoms with Crippen molar-refractivity contribution in [3.63, 3.8) is 0 Å². The largest absolute Gasteiger partial charge is 0.395 e. The number of nitrogen functional groups attached to an aromatic ring is 1. The minimum absolute atomic E-state index is 0.229. The van der Waals surface area contributed by atoms with Gasteiger partial charge in [0, 0.05) is 6.54 Å². The van der Waals surface area contributed by atoms with E-state index < -0.39 is 0 Å². The molecule has 17 heavy (non-hydrogen) atoms. The van der Waals surface area contributed by atoms with E-state index in [2.05, 4.69) is 12.2 Å². The second kappa shape index (κ2) is 4.94. The molecule has 2 nitrogen and oxygen atoms in total. The molecule has 3 N–H and O–H groups in total. The molecule has 0 atom stereocenters. The van der Waals surface area contributed by atoms with E-state index >= 15 is 0 Å². The van der Waals surface area contributed by atoms with Crippen LogP contribution in [-0.4, -0.2) is 6.54 Å². The third-order valence-corrected chi connectivity index (χ3v) is 3.82. The summed E-state index contributed by atoms with van der Waals surface area (Å²) in [6, 6.07) is 4.92. The molecule has 1 fully saturated rings. The summed E-state index contributed by atoms with van der Waals surface area (Å²) < 4.78 is 13.3. The first-order chi connectivity index (χ1) is 8.11. The Bertz CT molecular complexity index is 384. The molecule has 0 bridgehead atoms. The lowest BCUT2D eigenvalue weighted by atomic mass is 9.76. The van der Waals surface area contributed by atoms with E-state index in [0.717, 1.165) is 12.2 Å². The predicted octanol–water partition coefficient (Wildman–Crippen LogP) is 3.79. The van der Waals surface area contributed by atoms with Crippen molar-refractivity contribution < 1.29 is 4.39 Å². The maximum absolute atomic E-state index is 13.3. The average molecular weight is 236 g/mol. The van der Waals surface area contributed by atoms with Gasteiger partial charge in [0.15, 0.2) is 0 Å². The maximum atomic E-state index is 13.3. The van der Waals surface area contributed by atoms with Gasteiger partial charge in [-0.15, -0.1) is 0 Å². The van der Waals surface area contributed by atoms with Gasteiger partial charge < -0.3 is 11.1 Å². The van der Waals surface area contributed by atoms with Crippen LogP contribution >= 0.6 is 0 Å². The van der Waals surface area contributed by atoms with Crippen molar-refractivity contribution in [1.82, 2.24) is 0 Å². The fourth-order valence-corrected chi connectivity index (χ4v) is 2.58. The van der Waals surface area contributed by atoms with Crippen LogP contribution < -0.4 is 11.1 Å². The highest BCUT2D eigenvalue weighted by Crippen LogP contribution is 2.36. The predicted molar refractivity (Wildman–Crippen MR) is 70.5 cm³/mol. The van der Waals surface area contributed by atoms with Crippen molar-refractivity contribution in [2.45, 2.75) is 39.0 Å². The summed E-state index contributed by atoms with van der Waals surface area (Å²) >= 11 is 0. The fraction of sp³-hybridized carbons (Fsp3) is 0.571. The minimum Gasteiger partial charge on any atom is -0.395 e. The number of hydrogen-bond donors (Lipinski definition) is 2. The fourth-order valence-electron chi connectivity index (χ4n) is 2.58. The molecule has 0 amide bonds. The van der Waals surface area contributed by atoms with Gasteiger partial charge in [0.25, 0.3) is 0 Å². The number of benzene rings is 1. The Labute approximate surface area is 102 Å². The van der Waals surface area contributed by atoms with Gasteiger partial charge in [-0.1, -0.05) is 32.3 Å².